The molecule has 2 N–H and O–H groups in total. The molecular weight excluding hydrogens is 296 g/mol. The van der Waals surface area contributed by atoms with Gasteiger partial charge in [-0.25, -0.2) is 9.59 Å². The van der Waals surface area contributed by atoms with E-state index in [1.165, 1.54) is 0 Å². The fraction of sp³-hybridized carbons (Fsp3) is 0.412. The lowest BCUT2D eigenvalue weighted by Crippen LogP contribution is -2.33. The van der Waals surface area contributed by atoms with Gasteiger partial charge in [-0.05, 0) is 51.5 Å². The van der Waals surface area contributed by atoms with Gasteiger partial charge in [-0.15, -0.1) is 0 Å². The minimum Gasteiger partial charge on any atom is -0.478 e. The summed E-state index contributed by atoms with van der Waals surface area (Å²) < 4.78 is 7.21. The average molecular weight is 318 g/mol. The molecule has 6 nitrogen and oxygen atoms in total. The molecule has 0 unspecified atom stereocenters. The number of ether oxygens (including phenoxy) is 1. The van der Waals surface area contributed by atoms with Crippen LogP contribution in [0, 0.1) is 0 Å². The third-order valence-corrected chi connectivity index (χ3v) is 3.26. The van der Waals surface area contributed by atoms with Gasteiger partial charge in [-0.3, -0.25) is 0 Å². The van der Waals surface area contributed by atoms with Crippen LogP contribution in [0.3, 0.4) is 0 Å². The smallest absolute Gasteiger partial charge is 0.407 e. The van der Waals surface area contributed by atoms with Gasteiger partial charge < -0.3 is 19.7 Å². The van der Waals surface area contributed by atoms with Crippen LogP contribution in [0.5, 0.6) is 0 Å². The maximum Gasteiger partial charge on any atom is 0.407 e. The highest BCUT2D eigenvalue weighted by molar-refractivity contribution is 5.93. The molecule has 1 heterocycles. The topological polar surface area (TPSA) is 80.6 Å². The molecule has 23 heavy (non-hydrogen) atoms. The number of carbonyl (C=O) groups excluding carboxylic acids is 1. The van der Waals surface area contributed by atoms with Crippen LogP contribution in [0.25, 0.3) is 10.9 Å². The first kappa shape index (κ1) is 16.9. The molecule has 0 radical (unpaired) electrons. The Hall–Kier alpha value is -2.50. The molecule has 2 rings (SSSR count). The Morgan fingerprint density at radius 2 is 2.00 bits per heavy atom. The van der Waals surface area contributed by atoms with Crippen LogP contribution in [0.15, 0.2) is 30.5 Å². The number of nitrogens with one attached hydrogen (secondary N) is 1. The number of aryl methyl sites for hydroxylation is 1. The van der Waals surface area contributed by atoms with E-state index < -0.39 is 17.7 Å². The number of rotatable bonds is 5. The number of aromatic nitrogens is 1. The Labute approximate surface area is 135 Å². The van der Waals surface area contributed by atoms with Crippen molar-refractivity contribution in [1.82, 2.24) is 9.88 Å². The number of benzene rings is 1. The van der Waals surface area contributed by atoms with E-state index in [2.05, 4.69) is 5.32 Å². The van der Waals surface area contributed by atoms with E-state index in [0.29, 0.717) is 6.54 Å². The lowest BCUT2D eigenvalue weighted by Gasteiger charge is -2.19. The molecule has 0 spiro atoms. The largest absolute Gasteiger partial charge is 0.478 e. The third kappa shape index (κ3) is 4.74. The molecular formula is C17H22N2O4. The van der Waals surface area contributed by atoms with E-state index in [-0.39, 0.29) is 5.56 Å². The molecule has 0 saturated carbocycles. The van der Waals surface area contributed by atoms with E-state index in [1.54, 1.807) is 18.2 Å². The second-order valence-corrected chi connectivity index (χ2v) is 6.37. The quantitative estimate of drug-likeness (QED) is 0.829. The van der Waals surface area contributed by atoms with E-state index in [0.717, 1.165) is 23.9 Å². The van der Waals surface area contributed by atoms with Gasteiger partial charge in [-0.1, -0.05) is 0 Å². The summed E-state index contributed by atoms with van der Waals surface area (Å²) in [6.45, 7) is 6.71. The fourth-order valence-corrected chi connectivity index (χ4v) is 2.28. The molecule has 0 saturated heterocycles. The molecule has 0 atom stereocenters. The van der Waals surface area contributed by atoms with E-state index in [4.69, 9.17) is 9.84 Å². The maximum atomic E-state index is 11.5. The lowest BCUT2D eigenvalue weighted by atomic mass is 10.1. The number of carbonyl (C=O) groups is 2. The van der Waals surface area contributed by atoms with Crippen molar-refractivity contribution in [3.8, 4) is 0 Å². The fourth-order valence-electron chi connectivity index (χ4n) is 2.28. The summed E-state index contributed by atoms with van der Waals surface area (Å²) in [5, 5.41) is 12.6. The number of aromatic carboxylic acids is 1. The van der Waals surface area contributed by atoms with Crippen molar-refractivity contribution in [2.75, 3.05) is 6.54 Å². The number of nitrogens with zero attached hydrogens (tertiary/aromatic N) is 1. The minimum atomic E-state index is -0.929. The zero-order chi connectivity index (χ0) is 17.0. The Kier molecular flexibility index (Phi) is 4.93. The highest BCUT2D eigenvalue weighted by Crippen LogP contribution is 2.18. The van der Waals surface area contributed by atoms with Crippen molar-refractivity contribution in [1.29, 1.82) is 0 Å². The van der Waals surface area contributed by atoms with Gasteiger partial charge in [0.15, 0.2) is 0 Å². The number of carboxylic acid groups (broad SMARTS) is 1. The summed E-state index contributed by atoms with van der Waals surface area (Å²) in [5.41, 5.74) is 0.761. The van der Waals surface area contributed by atoms with Gasteiger partial charge >= 0.3 is 12.1 Å². The Morgan fingerprint density at radius 1 is 1.26 bits per heavy atom. The molecule has 0 fully saturated rings. The Morgan fingerprint density at radius 3 is 2.65 bits per heavy atom. The summed E-state index contributed by atoms with van der Waals surface area (Å²) in [6.07, 6.45) is 2.26. The van der Waals surface area contributed by atoms with Gasteiger partial charge in [0, 0.05) is 30.2 Å². The van der Waals surface area contributed by atoms with Gasteiger partial charge in [0.25, 0.3) is 0 Å². The number of alkyl carbamates (subject to hydrolysis) is 1. The molecule has 1 aromatic heterocycles. The van der Waals surface area contributed by atoms with Crippen LogP contribution in [0.4, 0.5) is 4.79 Å². The number of amides is 1. The predicted octanol–water partition coefficient (Wildman–Crippen LogP) is 3.25. The van der Waals surface area contributed by atoms with Crippen molar-refractivity contribution < 1.29 is 19.4 Å². The molecule has 0 bridgehead atoms. The van der Waals surface area contributed by atoms with Crippen molar-refractivity contribution in [2.45, 2.75) is 39.3 Å². The molecule has 1 amide bonds. The SMILES string of the molecule is CC(C)(C)OC(=O)NCCCn1ccc2cc(C(=O)O)ccc21. The van der Waals surface area contributed by atoms with Gasteiger partial charge in [0.1, 0.15) is 5.60 Å². The summed E-state index contributed by atoms with van der Waals surface area (Å²) in [7, 11) is 0. The summed E-state index contributed by atoms with van der Waals surface area (Å²) in [6, 6.07) is 6.95. The molecule has 6 heteroatoms. The minimum absolute atomic E-state index is 0.279. The molecule has 0 aliphatic heterocycles. The first-order valence-electron chi connectivity index (χ1n) is 7.55. The molecule has 0 aliphatic rings. The Bertz CT molecular complexity index is 713. The van der Waals surface area contributed by atoms with Crippen LogP contribution in [0.1, 0.15) is 37.6 Å². The van der Waals surface area contributed by atoms with Crippen LogP contribution < -0.4 is 5.32 Å². The van der Waals surface area contributed by atoms with Crippen molar-refractivity contribution in [3.05, 3.63) is 36.0 Å². The predicted molar refractivity (Wildman–Crippen MR) is 87.8 cm³/mol. The standard InChI is InChI=1S/C17H22N2O4/c1-17(2,3)23-16(22)18-8-4-9-19-10-7-12-11-13(15(20)21)5-6-14(12)19/h5-7,10-11H,4,8-9H2,1-3H3,(H,18,22)(H,20,21). The zero-order valence-corrected chi connectivity index (χ0v) is 13.6. The highest BCUT2D eigenvalue weighted by Gasteiger charge is 2.15. The lowest BCUT2D eigenvalue weighted by molar-refractivity contribution is 0.0526. The van der Waals surface area contributed by atoms with E-state index >= 15 is 0 Å². The van der Waals surface area contributed by atoms with Gasteiger partial charge in [0.05, 0.1) is 5.56 Å². The summed E-state index contributed by atoms with van der Waals surface area (Å²) in [5.74, 6) is -0.929. The number of carboxylic acids is 1. The average Bonchev–Trinajstić information content (AvgIpc) is 2.84. The summed E-state index contributed by atoms with van der Waals surface area (Å²) >= 11 is 0. The van der Waals surface area contributed by atoms with Crippen molar-refractivity contribution in [2.24, 2.45) is 0 Å². The molecule has 0 aliphatic carbocycles. The van der Waals surface area contributed by atoms with E-state index in [1.807, 2.05) is 37.6 Å². The second kappa shape index (κ2) is 6.73. The highest BCUT2D eigenvalue weighted by atomic mass is 16.6. The second-order valence-electron chi connectivity index (χ2n) is 6.37. The van der Waals surface area contributed by atoms with Crippen LogP contribution >= 0.6 is 0 Å². The zero-order valence-electron chi connectivity index (χ0n) is 13.6. The van der Waals surface area contributed by atoms with Crippen LogP contribution in [-0.2, 0) is 11.3 Å². The van der Waals surface area contributed by atoms with Gasteiger partial charge in [-0.2, -0.15) is 0 Å². The first-order valence-corrected chi connectivity index (χ1v) is 7.55. The van der Waals surface area contributed by atoms with E-state index in [9.17, 15) is 9.59 Å². The van der Waals surface area contributed by atoms with Gasteiger partial charge in [0.2, 0.25) is 0 Å². The van der Waals surface area contributed by atoms with Crippen molar-refractivity contribution in [3.63, 3.8) is 0 Å². The van der Waals surface area contributed by atoms with Crippen LogP contribution in [-0.4, -0.2) is 33.9 Å². The number of hydrogen-bond donors (Lipinski definition) is 2. The first-order chi connectivity index (χ1) is 10.8. The number of hydrogen-bond acceptors (Lipinski definition) is 3. The molecule has 124 valence electrons. The van der Waals surface area contributed by atoms with Crippen LogP contribution in [0.2, 0.25) is 0 Å². The van der Waals surface area contributed by atoms with Crippen molar-refractivity contribution >= 4 is 23.0 Å². The summed E-state index contributed by atoms with van der Waals surface area (Å²) in [4.78, 5) is 22.5. The third-order valence-electron chi connectivity index (χ3n) is 3.26. The normalized spacial score (nSPS) is 11.4. The molecule has 2 aromatic rings. The maximum absolute atomic E-state index is 11.5. The molecule has 1 aromatic carbocycles. The Balaban J connectivity index is 1.88. The monoisotopic (exact) mass is 318 g/mol. The number of fused-ring (bicyclic) bond motifs is 1.